The summed E-state index contributed by atoms with van der Waals surface area (Å²) in [4.78, 5) is 39.4. The van der Waals surface area contributed by atoms with Crippen molar-refractivity contribution in [3.05, 3.63) is 58.3 Å². The molecule has 7 heteroatoms. The van der Waals surface area contributed by atoms with E-state index >= 15 is 0 Å². The molecule has 1 aliphatic heterocycles. The van der Waals surface area contributed by atoms with E-state index in [1.54, 1.807) is 11.8 Å². The molecule has 2 amide bonds. The van der Waals surface area contributed by atoms with Gasteiger partial charge in [-0.05, 0) is 36.8 Å². The molecule has 1 N–H and O–H groups in total. The Balaban J connectivity index is 1.42. The fourth-order valence-corrected chi connectivity index (χ4v) is 3.82. The van der Waals surface area contributed by atoms with Gasteiger partial charge in [0.05, 0.1) is 10.8 Å². The standard InChI is InChI=1S/C21H24N2O4S/c1-15(19(24)22-14-16-6-3-2-4-7-16)27-21(26)17-9-11-23(12-10-17)20(25)18-8-5-13-28-18/h2-8,13,15,17H,9-12,14H2,1H3,(H,22,24)/t15-/m0/s1. The van der Waals surface area contributed by atoms with Crippen LogP contribution in [0.5, 0.6) is 0 Å². The van der Waals surface area contributed by atoms with E-state index in [0.29, 0.717) is 37.4 Å². The van der Waals surface area contributed by atoms with E-state index in [1.807, 2.05) is 47.8 Å². The number of esters is 1. The minimum atomic E-state index is -0.845. The zero-order valence-electron chi connectivity index (χ0n) is 15.8. The summed E-state index contributed by atoms with van der Waals surface area (Å²) >= 11 is 1.42. The van der Waals surface area contributed by atoms with E-state index in [4.69, 9.17) is 4.74 Å². The van der Waals surface area contributed by atoms with Crippen molar-refractivity contribution in [3.63, 3.8) is 0 Å². The molecule has 1 atom stereocenters. The molecule has 28 heavy (non-hydrogen) atoms. The van der Waals surface area contributed by atoms with Gasteiger partial charge in [0.1, 0.15) is 0 Å². The molecule has 0 aliphatic carbocycles. The predicted molar refractivity (Wildman–Crippen MR) is 107 cm³/mol. The molecule has 0 unspecified atom stereocenters. The average molecular weight is 401 g/mol. The molecular weight excluding hydrogens is 376 g/mol. The van der Waals surface area contributed by atoms with Gasteiger partial charge in [0.25, 0.3) is 11.8 Å². The number of nitrogens with one attached hydrogen (secondary N) is 1. The zero-order chi connectivity index (χ0) is 19.9. The van der Waals surface area contributed by atoms with Gasteiger partial charge in [0.2, 0.25) is 0 Å². The summed E-state index contributed by atoms with van der Waals surface area (Å²) < 4.78 is 5.36. The summed E-state index contributed by atoms with van der Waals surface area (Å²) in [5.41, 5.74) is 0.983. The highest BCUT2D eigenvalue weighted by Gasteiger charge is 2.30. The highest BCUT2D eigenvalue weighted by molar-refractivity contribution is 7.12. The predicted octanol–water partition coefficient (Wildman–Crippen LogP) is 2.85. The summed E-state index contributed by atoms with van der Waals surface area (Å²) in [6.45, 7) is 3.01. The number of hydrogen-bond donors (Lipinski definition) is 1. The summed E-state index contributed by atoms with van der Waals surface area (Å²) in [6.07, 6.45) is 0.254. The van der Waals surface area contributed by atoms with E-state index in [9.17, 15) is 14.4 Å². The van der Waals surface area contributed by atoms with Crippen LogP contribution in [0.3, 0.4) is 0 Å². The number of benzene rings is 1. The number of nitrogens with zero attached hydrogens (tertiary/aromatic N) is 1. The van der Waals surface area contributed by atoms with Crippen LogP contribution >= 0.6 is 11.3 Å². The molecule has 1 aromatic carbocycles. The number of thiophene rings is 1. The summed E-state index contributed by atoms with van der Waals surface area (Å²) in [7, 11) is 0. The minimum Gasteiger partial charge on any atom is -0.452 e. The van der Waals surface area contributed by atoms with Gasteiger partial charge in [-0.3, -0.25) is 14.4 Å². The third kappa shape index (κ3) is 5.19. The van der Waals surface area contributed by atoms with Crippen LogP contribution in [0.15, 0.2) is 47.8 Å². The molecule has 1 aromatic heterocycles. The highest BCUT2D eigenvalue weighted by atomic mass is 32.1. The van der Waals surface area contributed by atoms with E-state index < -0.39 is 6.10 Å². The van der Waals surface area contributed by atoms with Crippen LogP contribution in [-0.2, 0) is 20.9 Å². The average Bonchev–Trinajstić information content (AvgIpc) is 3.27. The van der Waals surface area contributed by atoms with Gasteiger partial charge in [-0.25, -0.2) is 0 Å². The maximum atomic E-state index is 12.4. The second kappa shape index (κ2) is 9.50. The molecule has 0 spiro atoms. The number of carbonyl (C=O) groups excluding carboxylic acids is 3. The van der Waals surface area contributed by atoms with E-state index in [0.717, 1.165) is 5.56 Å². The lowest BCUT2D eigenvalue weighted by molar-refractivity contribution is -0.160. The fraction of sp³-hybridized carbons (Fsp3) is 0.381. The third-order valence-electron chi connectivity index (χ3n) is 4.82. The third-order valence-corrected chi connectivity index (χ3v) is 5.68. The first-order valence-corrected chi connectivity index (χ1v) is 10.3. The Morgan fingerprint density at radius 3 is 2.50 bits per heavy atom. The molecule has 148 valence electrons. The molecule has 3 rings (SSSR count). The summed E-state index contributed by atoms with van der Waals surface area (Å²) in [5, 5.41) is 4.65. The maximum absolute atomic E-state index is 12.4. The van der Waals surface area contributed by atoms with Crippen molar-refractivity contribution in [1.82, 2.24) is 10.2 Å². The Hall–Kier alpha value is -2.67. The SMILES string of the molecule is C[C@H](OC(=O)C1CCN(C(=O)c2cccs2)CC1)C(=O)NCc1ccccc1. The first-order valence-electron chi connectivity index (χ1n) is 9.39. The Bertz CT molecular complexity index is 799. The number of piperidine rings is 1. The van der Waals surface area contributed by atoms with Gasteiger partial charge in [0, 0.05) is 19.6 Å². The molecule has 1 saturated heterocycles. The number of amides is 2. The van der Waals surface area contributed by atoms with E-state index in [2.05, 4.69) is 5.32 Å². The zero-order valence-corrected chi connectivity index (χ0v) is 16.6. The quantitative estimate of drug-likeness (QED) is 0.757. The maximum Gasteiger partial charge on any atom is 0.309 e. The van der Waals surface area contributed by atoms with Gasteiger partial charge in [-0.1, -0.05) is 36.4 Å². The normalized spacial score (nSPS) is 15.7. The van der Waals surface area contributed by atoms with Crippen molar-refractivity contribution in [2.75, 3.05) is 13.1 Å². The van der Waals surface area contributed by atoms with Crippen molar-refractivity contribution in [3.8, 4) is 0 Å². The number of ether oxygens (including phenoxy) is 1. The molecule has 6 nitrogen and oxygen atoms in total. The Morgan fingerprint density at radius 2 is 1.86 bits per heavy atom. The van der Waals surface area contributed by atoms with Gasteiger partial charge < -0.3 is 15.0 Å². The largest absolute Gasteiger partial charge is 0.452 e. The van der Waals surface area contributed by atoms with Crippen LogP contribution in [0, 0.1) is 5.92 Å². The Morgan fingerprint density at radius 1 is 1.14 bits per heavy atom. The lowest BCUT2D eigenvalue weighted by Gasteiger charge is -2.31. The summed E-state index contributed by atoms with van der Waals surface area (Å²) in [5.74, 6) is -0.958. The van der Waals surface area contributed by atoms with Crippen molar-refractivity contribution < 1.29 is 19.1 Å². The first-order chi connectivity index (χ1) is 13.5. The lowest BCUT2D eigenvalue weighted by atomic mass is 9.97. The fourth-order valence-electron chi connectivity index (χ4n) is 3.13. The lowest BCUT2D eigenvalue weighted by Crippen LogP contribution is -2.42. The van der Waals surface area contributed by atoms with E-state index in [-0.39, 0.29) is 23.7 Å². The molecule has 0 saturated carbocycles. The Kier molecular flexibility index (Phi) is 6.81. The van der Waals surface area contributed by atoms with Crippen LogP contribution in [0.25, 0.3) is 0 Å². The second-order valence-electron chi connectivity index (χ2n) is 6.83. The van der Waals surface area contributed by atoms with Crippen LogP contribution in [0.4, 0.5) is 0 Å². The molecule has 0 radical (unpaired) electrons. The number of likely N-dealkylation sites (tertiary alicyclic amines) is 1. The highest BCUT2D eigenvalue weighted by Crippen LogP contribution is 2.22. The molecular formula is C21H24N2O4S. The van der Waals surface area contributed by atoms with E-state index in [1.165, 1.54) is 11.3 Å². The molecule has 0 bridgehead atoms. The topological polar surface area (TPSA) is 75.7 Å². The van der Waals surface area contributed by atoms with Gasteiger partial charge in [0.15, 0.2) is 6.10 Å². The van der Waals surface area contributed by atoms with Crippen LogP contribution in [0.2, 0.25) is 0 Å². The Labute approximate surface area is 168 Å². The number of rotatable bonds is 6. The van der Waals surface area contributed by atoms with Crippen molar-refractivity contribution >= 4 is 29.1 Å². The van der Waals surface area contributed by atoms with Crippen molar-refractivity contribution in [1.29, 1.82) is 0 Å². The van der Waals surface area contributed by atoms with Gasteiger partial charge in [-0.15, -0.1) is 11.3 Å². The second-order valence-corrected chi connectivity index (χ2v) is 7.77. The van der Waals surface area contributed by atoms with Crippen molar-refractivity contribution in [2.24, 2.45) is 5.92 Å². The van der Waals surface area contributed by atoms with Crippen molar-refractivity contribution in [2.45, 2.75) is 32.4 Å². The van der Waals surface area contributed by atoms with Crippen LogP contribution in [-0.4, -0.2) is 41.9 Å². The monoisotopic (exact) mass is 400 g/mol. The van der Waals surface area contributed by atoms with Crippen LogP contribution in [0.1, 0.15) is 35.0 Å². The smallest absolute Gasteiger partial charge is 0.309 e. The minimum absolute atomic E-state index is 0.00970. The molecule has 2 heterocycles. The van der Waals surface area contributed by atoms with Gasteiger partial charge in [-0.2, -0.15) is 0 Å². The molecule has 1 aliphatic rings. The number of carbonyl (C=O) groups is 3. The molecule has 2 aromatic rings. The summed E-state index contributed by atoms with van der Waals surface area (Å²) in [6, 6.07) is 13.2. The molecule has 1 fully saturated rings. The van der Waals surface area contributed by atoms with Gasteiger partial charge >= 0.3 is 5.97 Å². The first kappa shape index (κ1) is 20.1. The van der Waals surface area contributed by atoms with Crippen LogP contribution < -0.4 is 5.32 Å². The number of hydrogen-bond acceptors (Lipinski definition) is 5.